The lowest BCUT2D eigenvalue weighted by molar-refractivity contribution is -0.108. The van der Waals surface area contributed by atoms with E-state index in [0.717, 1.165) is 0 Å². The van der Waals surface area contributed by atoms with E-state index in [1.807, 2.05) is 0 Å². The summed E-state index contributed by atoms with van der Waals surface area (Å²) in [5, 5.41) is 7.99. The van der Waals surface area contributed by atoms with E-state index in [1.165, 1.54) is 14.2 Å². The van der Waals surface area contributed by atoms with E-state index in [1.54, 1.807) is 0 Å². The molecule has 0 saturated heterocycles. The Morgan fingerprint density at radius 3 is 2.00 bits per heavy atom. The Morgan fingerprint density at radius 1 is 1.44 bits per heavy atom. The number of hydrogen-bond donors (Lipinski definition) is 1. The average molecular weight is 155 g/mol. The topological polar surface area (TPSA) is 38.7 Å². The molecule has 0 aromatic rings. The van der Waals surface area contributed by atoms with Gasteiger partial charge in [-0.2, -0.15) is 0 Å². The van der Waals surface area contributed by atoms with Crippen LogP contribution in [0.5, 0.6) is 0 Å². The van der Waals surface area contributed by atoms with Crippen molar-refractivity contribution in [1.82, 2.24) is 0 Å². The molecular weight excluding hydrogens is 144 g/mol. The van der Waals surface area contributed by atoms with Crippen molar-refractivity contribution < 1.29 is 14.6 Å². The molecule has 0 amide bonds. The predicted octanol–water partition coefficient (Wildman–Crippen LogP) is 0.205. The second kappa shape index (κ2) is 4.99. The Labute approximate surface area is 59.5 Å². The van der Waals surface area contributed by atoms with Gasteiger partial charge in [-0.1, -0.05) is 0 Å². The molecule has 0 saturated carbocycles. The number of halogens is 1. The van der Waals surface area contributed by atoms with Crippen LogP contribution in [0.3, 0.4) is 0 Å². The summed E-state index contributed by atoms with van der Waals surface area (Å²) in [7, 11) is 2.94. The van der Waals surface area contributed by atoms with E-state index in [2.05, 4.69) is 0 Å². The largest absolute Gasteiger partial charge is 0.395 e. The molecule has 1 atom stereocenters. The quantitative estimate of drug-likeness (QED) is 0.465. The van der Waals surface area contributed by atoms with Gasteiger partial charge in [0.1, 0.15) is 5.38 Å². The fourth-order valence-corrected chi connectivity index (χ4v) is 0.683. The number of aliphatic hydroxyl groups is 1. The molecule has 0 spiro atoms. The van der Waals surface area contributed by atoms with Crippen molar-refractivity contribution in [3.8, 4) is 0 Å². The molecule has 0 aliphatic carbocycles. The molecule has 3 nitrogen and oxygen atoms in total. The molecule has 0 radical (unpaired) electrons. The van der Waals surface area contributed by atoms with Gasteiger partial charge in [0.15, 0.2) is 6.29 Å². The molecule has 0 aliphatic rings. The maximum atomic E-state index is 8.48. The molecule has 9 heavy (non-hydrogen) atoms. The zero-order chi connectivity index (χ0) is 7.28. The molecule has 0 heterocycles. The second-order valence-electron chi connectivity index (χ2n) is 1.54. The van der Waals surface area contributed by atoms with Gasteiger partial charge in [-0.25, -0.2) is 0 Å². The van der Waals surface area contributed by atoms with Gasteiger partial charge in [-0.15, -0.1) is 11.6 Å². The number of rotatable bonds is 4. The fourth-order valence-electron chi connectivity index (χ4n) is 0.478. The monoisotopic (exact) mass is 154 g/mol. The van der Waals surface area contributed by atoms with Gasteiger partial charge in [-0.05, 0) is 0 Å². The van der Waals surface area contributed by atoms with Crippen molar-refractivity contribution in [2.75, 3.05) is 20.8 Å². The van der Waals surface area contributed by atoms with Crippen LogP contribution in [0.15, 0.2) is 0 Å². The summed E-state index contributed by atoms with van der Waals surface area (Å²) in [5.41, 5.74) is 0. The summed E-state index contributed by atoms with van der Waals surface area (Å²) in [6, 6.07) is 0. The van der Waals surface area contributed by atoms with Gasteiger partial charge in [-0.3, -0.25) is 0 Å². The van der Waals surface area contributed by atoms with Gasteiger partial charge in [0.05, 0.1) is 6.61 Å². The third kappa shape index (κ3) is 3.01. The summed E-state index contributed by atoms with van der Waals surface area (Å²) in [5.74, 6) is 0. The summed E-state index contributed by atoms with van der Waals surface area (Å²) >= 11 is 5.53. The highest BCUT2D eigenvalue weighted by Gasteiger charge is 2.15. The van der Waals surface area contributed by atoms with Gasteiger partial charge < -0.3 is 14.6 Å². The Balaban J connectivity index is 3.50. The first kappa shape index (κ1) is 9.17. The average Bonchev–Trinajstić information content (AvgIpc) is 1.90. The molecule has 0 rings (SSSR count). The summed E-state index contributed by atoms with van der Waals surface area (Å²) in [6.07, 6.45) is -0.517. The lowest BCUT2D eigenvalue weighted by Gasteiger charge is -2.16. The molecule has 1 N–H and O–H groups in total. The zero-order valence-electron chi connectivity index (χ0n) is 5.50. The predicted molar refractivity (Wildman–Crippen MR) is 34.5 cm³/mol. The lowest BCUT2D eigenvalue weighted by Crippen LogP contribution is -2.28. The van der Waals surface area contributed by atoms with Crippen molar-refractivity contribution in [2.24, 2.45) is 0 Å². The van der Waals surface area contributed by atoms with Gasteiger partial charge in [0, 0.05) is 14.2 Å². The minimum Gasteiger partial charge on any atom is -0.395 e. The Kier molecular flexibility index (Phi) is 5.09. The van der Waals surface area contributed by atoms with Crippen LogP contribution in [0, 0.1) is 0 Å². The van der Waals surface area contributed by atoms with Gasteiger partial charge in [0.2, 0.25) is 0 Å². The highest BCUT2D eigenvalue weighted by Crippen LogP contribution is 2.05. The van der Waals surface area contributed by atoms with Gasteiger partial charge >= 0.3 is 0 Å². The van der Waals surface area contributed by atoms with E-state index in [-0.39, 0.29) is 6.61 Å². The van der Waals surface area contributed by atoms with Crippen LogP contribution in [0.4, 0.5) is 0 Å². The number of methoxy groups -OCH3 is 2. The van der Waals surface area contributed by atoms with Crippen molar-refractivity contribution in [1.29, 1.82) is 0 Å². The number of ether oxygens (including phenoxy) is 2. The number of hydrogen-bond acceptors (Lipinski definition) is 3. The summed E-state index contributed by atoms with van der Waals surface area (Å²) in [6.45, 7) is -0.145. The smallest absolute Gasteiger partial charge is 0.175 e. The summed E-state index contributed by atoms with van der Waals surface area (Å²) < 4.78 is 9.48. The highest BCUT2D eigenvalue weighted by atomic mass is 35.5. The van der Waals surface area contributed by atoms with Crippen molar-refractivity contribution in [2.45, 2.75) is 11.7 Å². The molecule has 0 aliphatic heterocycles. The van der Waals surface area contributed by atoms with Crippen LogP contribution in [0.2, 0.25) is 0 Å². The Bertz CT molecular complexity index is 65.2. The van der Waals surface area contributed by atoms with E-state index in [9.17, 15) is 0 Å². The van der Waals surface area contributed by atoms with Gasteiger partial charge in [0.25, 0.3) is 0 Å². The van der Waals surface area contributed by atoms with Crippen LogP contribution in [-0.2, 0) is 9.47 Å². The maximum Gasteiger partial charge on any atom is 0.175 e. The zero-order valence-corrected chi connectivity index (χ0v) is 6.26. The first-order chi connectivity index (χ1) is 4.26. The van der Waals surface area contributed by atoms with Crippen LogP contribution in [0.25, 0.3) is 0 Å². The number of aliphatic hydroxyl groups excluding tert-OH is 1. The van der Waals surface area contributed by atoms with E-state index in [4.69, 9.17) is 26.2 Å². The number of alkyl halides is 1. The Morgan fingerprint density at radius 2 is 1.89 bits per heavy atom. The molecule has 0 aromatic carbocycles. The SMILES string of the molecule is COC(OC)C(Cl)CO. The van der Waals surface area contributed by atoms with Crippen molar-refractivity contribution in [3.05, 3.63) is 0 Å². The normalized spacial score (nSPS) is 14.3. The van der Waals surface area contributed by atoms with E-state index in [0.29, 0.717) is 0 Å². The van der Waals surface area contributed by atoms with E-state index >= 15 is 0 Å². The lowest BCUT2D eigenvalue weighted by atomic mass is 10.4. The highest BCUT2D eigenvalue weighted by molar-refractivity contribution is 6.21. The first-order valence-corrected chi connectivity index (χ1v) is 3.00. The van der Waals surface area contributed by atoms with E-state index < -0.39 is 11.7 Å². The second-order valence-corrected chi connectivity index (χ2v) is 2.10. The molecule has 0 aromatic heterocycles. The van der Waals surface area contributed by atoms with Crippen LogP contribution in [-0.4, -0.2) is 37.6 Å². The van der Waals surface area contributed by atoms with Crippen LogP contribution in [0.1, 0.15) is 0 Å². The standard InChI is InChI=1S/C5H11ClO3/c1-8-5(9-2)4(6)3-7/h4-5,7H,3H2,1-2H3. The third-order valence-electron chi connectivity index (χ3n) is 0.934. The minimum absolute atomic E-state index is 0.145. The first-order valence-electron chi connectivity index (χ1n) is 2.56. The van der Waals surface area contributed by atoms with Crippen LogP contribution < -0.4 is 0 Å². The van der Waals surface area contributed by atoms with Crippen LogP contribution >= 0.6 is 11.6 Å². The molecule has 56 valence electrons. The molecule has 0 bridgehead atoms. The summed E-state index contributed by atoms with van der Waals surface area (Å²) in [4.78, 5) is 0. The Hall–Kier alpha value is 0.170. The minimum atomic E-state index is -0.517. The fraction of sp³-hybridized carbons (Fsp3) is 1.00. The molecular formula is C5H11ClO3. The van der Waals surface area contributed by atoms with Crippen molar-refractivity contribution >= 4 is 11.6 Å². The molecule has 0 fully saturated rings. The molecule has 1 unspecified atom stereocenters. The maximum absolute atomic E-state index is 8.48. The third-order valence-corrected chi connectivity index (χ3v) is 1.28. The van der Waals surface area contributed by atoms with Crippen molar-refractivity contribution in [3.63, 3.8) is 0 Å². The molecule has 4 heteroatoms.